The van der Waals surface area contributed by atoms with E-state index in [1.165, 1.54) is 18.2 Å². The Kier molecular flexibility index (Phi) is 4.85. The van der Waals surface area contributed by atoms with E-state index in [2.05, 4.69) is 19.2 Å². The number of rotatable bonds is 5. The molecule has 0 saturated carbocycles. The molecule has 106 valence electrons. The Bertz CT molecular complexity index is 549. The minimum atomic E-state index is -0.245. The molecule has 0 heterocycles. The Morgan fingerprint density at radius 3 is 2.20 bits per heavy atom. The Morgan fingerprint density at radius 1 is 0.950 bits per heavy atom. The first kappa shape index (κ1) is 14.7. The van der Waals surface area contributed by atoms with E-state index in [4.69, 9.17) is 0 Å². The molecule has 0 aromatic heterocycles. The maximum atomic E-state index is 13.6. The topological polar surface area (TPSA) is 12.0 Å². The predicted molar refractivity (Wildman–Crippen MR) is 77.2 cm³/mol. The average Bonchev–Trinajstić information content (AvgIpc) is 2.42. The average molecular weight is 275 g/mol. The van der Waals surface area contributed by atoms with Gasteiger partial charge >= 0.3 is 0 Å². The predicted octanol–water partition coefficient (Wildman–Crippen LogP) is 4.45. The van der Waals surface area contributed by atoms with Gasteiger partial charge in [-0.1, -0.05) is 44.2 Å². The number of nitrogens with one attached hydrogen (secondary N) is 1. The molecule has 2 rings (SSSR count). The number of halogens is 2. The molecule has 0 spiro atoms. The van der Waals surface area contributed by atoms with Crippen molar-refractivity contribution < 1.29 is 8.78 Å². The second-order valence-electron chi connectivity index (χ2n) is 5.25. The lowest BCUT2D eigenvalue weighted by atomic mass is 9.95. The summed E-state index contributed by atoms with van der Waals surface area (Å²) in [5.41, 5.74) is 1.65. The Labute approximate surface area is 118 Å². The third-order valence-electron chi connectivity index (χ3n) is 3.37. The van der Waals surface area contributed by atoms with Crippen molar-refractivity contribution in [3.05, 3.63) is 71.3 Å². The summed E-state index contributed by atoms with van der Waals surface area (Å²) in [6, 6.07) is 13.2. The van der Waals surface area contributed by atoms with Gasteiger partial charge < -0.3 is 5.32 Å². The van der Waals surface area contributed by atoms with E-state index in [-0.39, 0.29) is 17.7 Å². The van der Waals surface area contributed by atoms with Gasteiger partial charge in [0.15, 0.2) is 0 Å². The van der Waals surface area contributed by atoms with Crippen LogP contribution in [0.3, 0.4) is 0 Å². The maximum Gasteiger partial charge on any atom is 0.127 e. The third kappa shape index (κ3) is 3.64. The monoisotopic (exact) mass is 275 g/mol. The zero-order valence-corrected chi connectivity index (χ0v) is 11.7. The van der Waals surface area contributed by atoms with E-state index in [1.54, 1.807) is 24.3 Å². The van der Waals surface area contributed by atoms with Crippen molar-refractivity contribution in [1.29, 1.82) is 0 Å². The normalized spacial score (nSPS) is 12.7. The van der Waals surface area contributed by atoms with Crippen LogP contribution in [0.15, 0.2) is 48.5 Å². The summed E-state index contributed by atoms with van der Waals surface area (Å²) in [4.78, 5) is 0. The summed E-state index contributed by atoms with van der Waals surface area (Å²) >= 11 is 0. The molecule has 1 nitrogen and oxygen atoms in total. The summed E-state index contributed by atoms with van der Waals surface area (Å²) in [6.07, 6.45) is 0. The first-order valence-corrected chi connectivity index (χ1v) is 6.80. The molecule has 0 amide bonds. The van der Waals surface area contributed by atoms with Crippen LogP contribution in [0.4, 0.5) is 8.78 Å². The first-order chi connectivity index (χ1) is 9.58. The van der Waals surface area contributed by atoms with Crippen molar-refractivity contribution in [3.63, 3.8) is 0 Å². The molecule has 1 atom stereocenters. The van der Waals surface area contributed by atoms with Crippen LogP contribution in [0.1, 0.15) is 31.0 Å². The van der Waals surface area contributed by atoms with Gasteiger partial charge in [-0.15, -0.1) is 0 Å². The molecular weight excluding hydrogens is 256 g/mol. The third-order valence-corrected chi connectivity index (χ3v) is 3.37. The van der Waals surface area contributed by atoms with Crippen LogP contribution in [0.25, 0.3) is 0 Å². The second kappa shape index (κ2) is 6.62. The fourth-order valence-corrected chi connectivity index (χ4v) is 2.27. The molecule has 0 aliphatic rings. The summed E-state index contributed by atoms with van der Waals surface area (Å²) in [6.45, 7) is 4.62. The zero-order valence-electron chi connectivity index (χ0n) is 11.7. The van der Waals surface area contributed by atoms with Gasteiger partial charge in [0, 0.05) is 18.2 Å². The summed E-state index contributed by atoms with van der Waals surface area (Å²) in [5.74, 6) is -0.126. The van der Waals surface area contributed by atoms with E-state index in [9.17, 15) is 8.78 Å². The molecule has 0 fully saturated rings. The van der Waals surface area contributed by atoms with Gasteiger partial charge in [0.2, 0.25) is 0 Å². The van der Waals surface area contributed by atoms with Gasteiger partial charge in [-0.2, -0.15) is 0 Å². The second-order valence-corrected chi connectivity index (χ2v) is 5.25. The SMILES string of the molecule is CC(C)C(NCc1ccccc1F)c1ccc(F)cc1. The fraction of sp³-hybridized carbons (Fsp3) is 0.294. The highest BCUT2D eigenvalue weighted by atomic mass is 19.1. The van der Waals surface area contributed by atoms with Crippen LogP contribution in [0.2, 0.25) is 0 Å². The smallest absolute Gasteiger partial charge is 0.127 e. The van der Waals surface area contributed by atoms with Crippen LogP contribution >= 0.6 is 0 Å². The van der Waals surface area contributed by atoms with Gasteiger partial charge in [-0.25, -0.2) is 8.78 Å². The van der Waals surface area contributed by atoms with Crippen LogP contribution in [0.5, 0.6) is 0 Å². The minimum absolute atomic E-state index is 0.0650. The molecule has 1 unspecified atom stereocenters. The van der Waals surface area contributed by atoms with Gasteiger partial charge in [-0.3, -0.25) is 0 Å². The van der Waals surface area contributed by atoms with E-state index < -0.39 is 0 Å². The molecule has 1 N–H and O–H groups in total. The molecule has 2 aromatic rings. The Morgan fingerprint density at radius 2 is 1.60 bits per heavy atom. The van der Waals surface area contributed by atoms with Crippen molar-refractivity contribution in [2.24, 2.45) is 5.92 Å². The highest BCUT2D eigenvalue weighted by molar-refractivity contribution is 5.22. The highest BCUT2D eigenvalue weighted by Gasteiger charge is 2.15. The van der Waals surface area contributed by atoms with E-state index in [0.717, 1.165) is 5.56 Å². The number of hydrogen-bond donors (Lipinski definition) is 1. The van der Waals surface area contributed by atoms with E-state index >= 15 is 0 Å². The molecule has 2 aromatic carbocycles. The molecule has 0 bridgehead atoms. The van der Waals surface area contributed by atoms with Gasteiger partial charge in [-0.05, 0) is 29.7 Å². The molecule has 0 aliphatic carbocycles. The molecule has 0 radical (unpaired) electrons. The van der Waals surface area contributed by atoms with Crippen molar-refractivity contribution in [2.75, 3.05) is 0 Å². The maximum absolute atomic E-state index is 13.6. The first-order valence-electron chi connectivity index (χ1n) is 6.80. The van der Waals surface area contributed by atoms with Crippen molar-refractivity contribution in [2.45, 2.75) is 26.4 Å². The molecule has 20 heavy (non-hydrogen) atoms. The van der Waals surface area contributed by atoms with E-state index in [0.29, 0.717) is 18.0 Å². The van der Waals surface area contributed by atoms with Crippen molar-refractivity contribution >= 4 is 0 Å². The molecule has 3 heteroatoms. The fourth-order valence-electron chi connectivity index (χ4n) is 2.27. The van der Waals surface area contributed by atoms with Crippen molar-refractivity contribution in [1.82, 2.24) is 5.32 Å². The summed E-state index contributed by atoms with van der Waals surface area (Å²) < 4.78 is 26.6. The highest BCUT2D eigenvalue weighted by Crippen LogP contribution is 2.22. The van der Waals surface area contributed by atoms with Crippen LogP contribution < -0.4 is 5.32 Å². The Balaban J connectivity index is 2.11. The quantitative estimate of drug-likeness (QED) is 0.850. The Hall–Kier alpha value is -1.74. The van der Waals surface area contributed by atoms with Crippen LogP contribution in [-0.4, -0.2) is 0 Å². The van der Waals surface area contributed by atoms with Crippen molar-refractivity contribution in [3.8, 4) is 0 Å². The number of hydrogen-bond acceptors (Lipinski definition) is 1. The van der Waals surface area contributed by atoms with Gasteiger partial charge in [0.1, 0.15) is 11.6 Å². The largest absolute Gasteiger partial charge is 0.306 e. The van der Waals surface area contributed by atoms with E-state index in [1.807, 2.05) is 6.07 Å². The summed E-state index contributed by atoms with van der Waals surface area (Å²) in [5, 5.41) is 3.35. The minimum Gasteiger partial charge on any atom is -0.306 e. The standard InChI is InChI=1S/C17H19F2N/c1-12(2)17(13-7-9-15(18)10-8-13)20-11-14-5-3-4-6-16(14)19/h3-10,12,17,20H,11H2,1-2H3. The zero-order chi connectivity index (χ0) is 14.5. The lowest BCUT2D eigenvalue weighted by Crippen LogP contribution is -2.25. The van der Waals surface area contributed by atoms with Crippen LogP contribution in [-0.2, 0) is 6.54 Å². The van der Waals surface area contributed by atoms with Gasteiger partial charge in [0.25, 0.3) is 0 Å². The number of benzene rings is 2. The molecule has 0 saturated heterocycles. The lowest BCUT2D eigenvalue weighted by molar-refractivity contribution is 0.406. The molecule has 0 aliphatic heterocycles. The summed E-state index contributed by atoms with van der Waals surface area (Å²) in [7, 11) is 0. The lowest BCUT2D eigenvalue weighted by Gasteiger charge is -2.23. The van der Waals surface area contributed by atoms with Gasteiger partial charge in [0.05, 0.1) is 0 Å². The van der Waals surface area contributed by atoms with Crippen LogP contribution in [0, 0.1) is 17.6 Å². The molecular formula is C17H19F2N.